The molecule has 2 spiro atoms. The lowest BCUT2D eigenvalue weighted by Gasteiger charge is -2.70. The monoisotopic (exact) mass is 568 g/mol. The maximum absolute atomic E-state index is 14.7. The van der Waals surface area contributed by atoms with Gasteiger partial charge in [0.1, 0.15) is 11.2 Å². The van der Waals surface area contributed by atoms with Gasteiger partial charge in [0.25, 0.3) is 0 Å². The Kier molecular flexibility index (Phi) is 5.57. The molecule has 1 aliphatic heterocycles. The van der Waals surface area contributed by atoms with Crippen LogP contribution in [0.3, 0.4) is 0 Å². The zero-order chi connectivity index (χ0) is 29.7. The largest absolute Gasteiger partial charge is 0.425 e. The molecule has 42 heavy (non-hydrogen) atoms. The minimum absolute atomic E-state index is 0.0939. The van der Waals surface area contributed by atoms with Crippen molar-refractivity contribution < 1.29 is 9.53 Å². The van der Waals surface area contributed by atoms with E-state index in [0.29, 0.717) is 34.5 Å². The Morgan fingerprint density at radius 3 is 2.26 bits per heavy atom. The van der Waals surface area contributed by atoms with E-state index in [1.165, 1.54) is 74.5 Å². The molecule has 7 aliphatic carbocycles. The molecule has 2 heteroatoms. The van der Waals surface area contributed by atoms with Crippen LogP contribution in [-0.4, -0.2) is 5.97 Å². The standard InChI is InChI=1S/C40H56O2/c1-24(2)27-23-39-18-13-32-36(5,6)15-10-17-38(32,8)33(39)20-26(27)22-40(39)29-19-25-11-12-31-35(3,4)14-9-16-37(31,7)28(25)21-30(29)42-34(40)41/h19,21,23-24,26,31-33H,9-18,20,22H2,1-8H3/t26-,31+,32+,33-,37-,38+,39+,40-/m1/s1. The second-order valence-corrected chi connectivity index (χ2v) is 18.6. The first kappa shape index (κ1) is 27.9. The summed E-state index contributed by atoms with van der Waals surface area (Å²) in [5, 5.41) is 0. The summed E-state index contributed by atoms with van der Waals surface area (Å²) < 4.78 is 6.58. The lowest BCUT2D eigenvalue weighted by molar-refractivity contribution is -0.185. The Hall–Kier alpha value is -1.57. The predicted octanol–water partition coefficient (Wildman–Crippen LogP) is 10.1. The summed E-state index contributed by atoms with van der Waals surface area (Å²) in [6.07, 6.45) is 17.7. The minimum atomic E-state index is -0.511. The van der Waals surface area contributed by atoms with Crippen LogP contribution < -0.4 is 4.74 Å². The topological polar surface area (TPSA) is 26.3 Å². The summed E-state index contributed by atoms with van der Waals surface area (Å²) in [6, 6.07) is 4.95. The molecule has 2 bridgehead atoms. The number of carbonyl (C=O) groups excluding carboxylic acids is 1. The van der Waals surface area contributed by atoms with Gasteiger partial charge < -0.3 is 4.74 Å². The van der Waals surface area contributed by atoms with E-state index >= 15 is 0 Å². The summed E-state index contributed by atoms with van der Waals surface area (Å²) in [5.41, 5.74) is 6.57. The van der Waals surface area contributed by atoms with Gasteiger partial charge in [0.05, 0.1) is 0 Å². The number of hydrogen-bond donors (Lipinski definition) is 0. The Bertz CT molecular complexity index is 1390. The molecule has 1 aromatic carbocycles. The molecule has 228 valence electrons. The fourth-order valence-electron chi connectivity index (χ4n) is 14.1. The van der Waals surface area contributed by atoms with Crippen LogP contribution in [-0.2, 0) is 22.0 Å². The molecule has 8 atom stereocenters. The fraction of sp³-hybridized carbons (Fsp3) is 0.775. The van der Waals surface area contributed by atoms with E-state index in [9.17, 15) is 4.79 Å². The van der Waals surface area contributed by atoms with Crippen LogP contribution in [0.4, 0.5) is 0 Å². The second kappa shape index (κ2) is 8.37. The lowest BCUT2D eigenvalue weighted by atomic mass is 9.32. The van der Waals surface area contributed by atoms with Crippen LogP contribution in [0.5, 0.6) is 5.75 Å². The maximum Gasteiger partial charge on any atom is 0.323 e. The first-order chi connectivity index (χ1) is 19.7. The van der Waals surface area contributed by atoms with E-state index in [1.54, 1.807) is 5.57 Å². The highest BCUT2D eigenvalue weighted by Gasteiger charge is 2.74. The number of fused-ring (bicyclic) bond motifs is 5. The zero-order valence-corrected chi connectivity index (χ0v) is 27.9. The third-order valence-corrected chi connectivity index (χ3v) is 15.7. The van der Waals surface area contributed by atoms with Crippen molar-refractivity contribution in [3.8, 4) is 5.75 Å². The summed E-state index contributed by atoms with van der Waals surface area (Å²) in [7, 11) is 0. The number of hydrogen-bond acceptors (Lipinski definition) is 2. The molecular weight excluding hydrogens is 512 g/mol. The van der Waals surface area contributed by atoms with Gasteiger partial charge in [-0.1, -0.05) is 85.9 Å². The van der Waals surface area contributed by atoms with Crippen LogP contribution in [0.15, 0.2) is 23.8 Å². The van der Waals surface area contributed by atoms with Crippen LogP contribution in [0.1, 0.15) is 143 Å². The number of esters is 1. The number of aryl methyl sites for hydroxylation is 1. The summed E-state index contributed by atoms with van der Waals surface area (Å²) in [6.45, 7) is 20.1. The average Bonchev–Trinajstić information content (AvgIpc) is 3.17. The molecule has 2 nitrogen and oxygen atoms in total. The molecule has 0 saturated heterocycles. The first-order valence-corrected chi connectivity index (χ1v) is 17.8. The highest BCUT2D eigenvalue weighted by molar-refractivity contribution is 5.93. The van der Waals surface area contributed by atoms with Gasteiger partial charge in [-0.05, 0) is 133 Å². The van der Waals surface area contributed by atoms with E-state index < -0.39 is 5.41 Å². The van der Waals surface area contributed by atoms with Crippen molar-refractivity contribution >= 4 is 5.97 Å². The van der Waals surface area contributed by atoms with Crippen molar-refractivity contribution in [2.24, 2.45) is 51.2 Å². The molecule has 0 radical (unpaired) electrons. The molecule has 4 saturated carbocycles. The number of carbonyl (C=O) groups is 1. The van der Waals surface area contributed by atoms with Crippen molar-refractivity contribution in [3.05, 3.63) is 40.5 Å². The van der Waals surface area contributed by atoms with Gasteiger partial charge in [-0.15, -0.1) is 0 Å². The van der Waals surface area contributed by atoms with Crippen LogP contribution in [0.25, 0.3) is 0 Å². The number of benzene rings is 1. The number of allylic oxidation sites excluding steroid dienone is 2. The average molecular weight is 569 g/mol. The molecule has 0 unspecified atom stereocenters. The van der Waals surface area contributed by atoms with Gasteiger partial charge in [-0.2, -0.15) is 0 Å². The van der Waals surface area contributed by atoms with E-state index in [4.69, 9.17) is 4.74 Å². The highest BCUT2D eigenvalue weighted by Crippen LogP contribution is 2.77. The third kappa shape index (κ3) is 3.16. The smallest absolute Gasteiger partial charge is 0.323 e. The first-order valence-electron chi connectivity index (χ1n) is 17.8. The van der Waals surface area contributed by atoms with Crippen LogP contribution in [0, 0.1) is 51.2 Å². The van der Waals surface area contributed by atoms with Crippen molar-refractivity contribution in [1.29, 1.82) is 0 Å². The Morgan fingerprint density at radius 1 is 0.810 bits per heavy atom. The van der Waals surface area contributed by atoms with E-state index in [0.717, 1.165) is 30.9 Å². The third-order valence-electron chi connectivity index (χ3n) is 15.7. The molecule has 1 aromatic rings. The molecular formula is C40H56O2. The Morgan fingerprint density at radius 2 is 1.52 bits per heavy atom. The molecule has 0 amide bonds. The van der Waals surface area contributed by atoms with Gasteiger partial charge in [-0.25, -0.2) is 0 Å². The molecule has 1 heterocycles. The van der Waals surface area contributed by atoms with Crippen molar-refractivity contribution in [3.63, 3.8) is 0 Å². The van der Waals surface area contributed by atoms with Crippen molar-refractivity contribution in [2.45, 2.75) is 143 Å². The van der Waals surface area contributed by atoms with Crippen LogP contribution in [0.2, 0.25) is 0 Å². The van der Waals surface area contributed by atoms with Gasteiger partial charge in [0.15, 0.2) is 0 Å². The summed E-state index contributed by atoms with van der Waals surface area (Å²) in [5.74, 6) is 4.06. The van der Waals surface area contributed by atoms with E-state index in [-0.39, 0.29) is 22.2 Å². The maximum atomic E-state index is 14.7. The van der Waals surface area contributed by atoms with Gasteiger partial charge in [0.2, 0.25) is 0 Å². The van der Waals surface area contributed by atoms with Gasteiger partial charge in [-0.3, -0.25) is 4.79 Å². The normalized spacial score (nSPS) is 45.8. The van der Waals surface area contributed by atoms with Crippen molar-refractivity contribution in [1.82, 2.24) is 0 Å². The van der Waals surface area contributed by atoms with Gasteiger partial charge in [0, 0.05) is 11.0 Å². The molecule has 0 N–H and O–H groups in total. The molecule has 4 fully saturated rings. The molecule has 8 aliphatic rings. The Labute approximate surface area is 255 Å². The quantitative estimate of drug-likeness (QED) is 0.191. The minimum Gasteiger partial charge on any atom is -0.425 e. The second-order valence-electron chi connectivity index (χ2n) is 18.6. The Balaban J connectivity index is 1.31. The number of rotatable bonds is 1. The van der Waals surface area contributed by atoms with E-state index in [2.05, 4.69) is 73.6 Å². The zero-order valence-electron chi connectivity index (χ0n) is 27.9. The van der Waals surface area contributed by atoms with E-state index in [1.807, 2.05) is 0 Å². The predicted molar refractivity (Wildman–Crippen MR) is 171 cm³/mol. The van der Waals surface area contributed by atoms with Gasteiger partial charge >= 0.3 is 5.97 Å². The summed E-state index contributed by atoms with van der Waals surface area (Å²) >= 11 is 0. The fourth-order valence-corrected chi connectivity index (χ4v) is 14.1. The lowest BCUT2D eigenvalue weighted by Crippen LogP contribution is -2.68. The highest BCUT2D eigenvalue weighted by atomic mass is 16.5. The number of ether oxygens (including phenoxy) is 1. The summed E-state index contributed by atoms with van der Waals surface area (Å²) in [4.78, 5) is 14.7. The van der Waals surface area contributed by atoms with Crippen LogP contribution >= 0.6 is 0 Å². The SMILES string of the molecule is CC(C)C1=C[C@@]23CC[C@H]4C(C)(C)CCC[C@]4(C)[C@H]2C[C@@H]1C[C@@]31C(=O)Oc2cc3c(cc21)CC[C@H]1C(C)(C)CCC[C@]31C. The molecule has 0 aromatic heterocycles. The molecule has 9 rings (SSSR count). The van der Waals surface area contributed by atoms with Crippen molar-refractivity contribution in [2.75, 3.05) is 0 Å².